The zero-order chi connectivity index (χ0) is 9.68. The second-order valence-corrected chi connectivity index (χ2v) is 2.81. The van der Waals surface area contributed by atoms with Crippen molar-refractivity contribution in [3.63, 3.8) is 0 Å². The second-order valence-electron chi connectivity index (χ2n) is 2.81. The highest BCUT2D eigenvalue weighted by Crippen LogP contribution is 2.01. The molecule has 0 aliphatic heterocycles. The molecule has 1 amide bonds. The number of primary amides is 1. The van der Waals surface area contributed by atoms with Gasteiger partial charge < -0.3 is 5.73 Å². The van der Waals surface area contributed by atoms with Crippen molar-refractivity contribution in [1.29, 1.82) is 0 Å². The highest BCUT2D eigenvalue weighted by Gasteiger charge is 1.88. The van der Waals surface area contributed by atoms with Crippen molar-refractivity contribution in [1.82, 2.24) is 0 Å². The number of rotatable bonds is 1. The van der Waals surface area contributed by atoms with E-state index in [-0.39, 0.29) is 12.3 Å². The molecule has 0 atom stereocenters. The van der Waals surface area contributed by atoms with Gasteiger partial charge >= 0.3 is 0 Å². The molecule has 0 heterocycles. The minimum Gasteiger partial charge on any atom is -0.369 e. The summed E-state index contributed by atoms with van der Waals surface area (Å²) >= 11 is 0. The molecule has 0 spiro atoms. The van der Waals surface area contributed by atoms with Gasteiger partial charge in [-0.15, -0.1) is 0 Å². The molecular weight excluding hydrogens is 162 g/mol. The van der Waals surface area contributed by atoms with Crippen molar-refractivity contribution >= 4 is 5.91 Å². The Kier molecular flexibility index (Phi) is 3.10. The lowest BCUT2D eigenvalue weighted by molar-refractivity contribution is -0.117. The summed E-state index contributed by atoms with van der Waals surface area (Å²) in [5, 5.41) is 0. The lowest BCUT2D eigenvalue weighted by atomic mass is 10.1. The van der Waals surface area contributed by atoms with Crippen LogP contribution in [0.15, 0.2) is 24.3 Å². The molecule has 0 aromatic heterocycles. The summed E-state index contributed by atoms with van der Waals surface area (Å²) in [6, 6.07) is 7.80. The third-order valence-corrected chi connectivity index (χ3v) is 1.51. The Morgan fingerprint density at radius 2 is 2.31 bits per heavy atom. The Bertz CT molecular complexity index is 371. The molecular formula is C11H11NO. The van der Waals surface area contributed by atoms with E-state index in [1.165, 1.54) is 0 Å². The molecule has 0 aliphatic carbocycles. The zero-order valence-corrected chi connectivity index (χ0v) is 7.50. The highest BCUT2D eigenvalue weighted by molar-refractivity contribution is 5.76. The minimum absolute atomic E-state index is 0.119. The number of benzene rings is 1. The third kappa shape index (κ3) is 3.44. The van der Waals surface area contributed by atoms with Crippen LogP contribution in [-0.2, 0) is 4.79 Å². The van der Waals surface area contributed by atoms with Crippen LogP contribution in [0.4, 0.5) is 0 Å². The maximum Gasteiger partial charge on any atom is 0.229 e. The first-order chi connectivity index (χ1) is 6.18. The molecule has 0 saturated heterocycles. The Balaban J connectivity index is 2.72. The predicted octanol–water partition coefficient (Wildman–Crippen LogP) is 1.22. The Hall–Kier alpha value is -1.75. The van der Waals surface area contributed by atoms with Crippen LogP contribution in [0, 0.1) is 18.8 Å². The van der Waals surface area contributed by atoms with Gasteiger partial charge in [0.05, 0.1) is 6.42 Å². The van der Waals surface area contributed by atoms with Gasteiger partial charge in [-0.25, -0.2) is 0 Å². The molecule has 2 nitrogen and oxygen atoms in total. The van der Waals surface area contributed by atoms with E-state index < -0.39 is 0 Å². The molecule has 66 valence electrons. The van der Waals surface area contributed by atoms with Crippen molar-refractivity contribution in [2.24, 2.45) is 5.73 Å². The van der Waals surface area contributed by atoms with Gasteiger partial charge in [-0.2, -0.15) is 0 Å². The summed E-state index contributed by atoms with van der Waals surface area (Å²) in [5.74, 6) is 5.18. The molecule has 2 N–H and O–H groups in total. The quantitative estimate of drug-likeness (QED) is 0.637. The monoisotopic (exact) mass is 173 g/mol. The number of aryl methyl sites for hydroxylation is 1. The Morgan fingerprint density at radius 3 is 2.92 bits per heavy atom. The van der Waals surface area contributed by atoms with Crippen LogP contribution in [-0.4, -0.2) is 5.91 Å². The van der Waals surface area contributed by atoms with Crippen molar-refractivity contribution in [2.75, 3.05) is 0 Å². The molecule has 0 fully saturated rings. The van der Waals surface area contributed by atoms with E-state index in [4.69, 9.17) is 5.73 Å². The summed E-state index contributed by atoms with van der Waals surface area (Å²) in [5.41, 5.74) is 7.02. The first-order valence-electron chi connectivity index (χ1n) is 4.02. The van der Waals surface area contributed by atoms with Gasteiger partial charge in [-0.3, -0.25) is 4.79 Å². The second kappa shape index (κ2) is 4.32. The Morgan fingerprint density at radius 1 is 1.54 bits per heavy atom. The number of hydrogen-bond donors (Lipinski definition) is 1. The molecule has 1 aromatic rings. The van der Waals surface area contributed by atoms with Crippen molar-refractivity contribution in [2.45, 2.75) is 13.3 Å². The average molecular weight is 173 g/mol. The van der Waals surface area contributed by atoms with Crippen LogP contribution in [0.5, 0.6) is 0 Å². The first-order valence-corrected chi connectivity index (χ1v) is 4.02. The lowest BCUT2D eigenvalue weighted by Gasteiger charge is -1.91. The predicted molar refractivity (Wildman–Crippen MR) is 51.9 cm³/mol. The number of carbonyl (C=O) groups is 1. The number of nitrogens with two attached hydrogens (primary N) is 1. The van der Waals surface area contributed by atoms with Crippen molar-refractivity contribution < 1.29 is 4.79 Å². The van der Waals surface area contributed by atoms with Crippen LogP contribution in [0.25, 0.3) is 0 Å². The summed E-state index contributed by atoms with van der Waals surface area (Å²) in [7, 11) is 0. The normalized spacial score (nSPS) is 8.69. The Labute approximate surface area is 77.8 Å². The summed E-state index contributed by atoms with van der Waals surface area (Å²) in [6.07, 6.45) is 0.119. The van der Waals surface area contributed by atoms with E-state index in [1.54, 1.807) is 0 Å². The van der Waals surface area contributed by atoms with Crippen LogP contribution in [0.1, 0.15) is 17.5 Å². The third-order valence-electron chi connectivity index (χ3n) is 1.51. The minimum atomic E-state index is -0.389. The highest BCUT2D eigenvalue weighted by atomic mass is 16.1. The average Bonchev–Trinajstić information content (AvgIpc) is 2.03. The fourth-order valence-corrected chi connectivity index (χ4v) is 0.956. The topological polar surface area (TPSA) is 43.1 Å². The van der Waals surface area contributed by atoms with Gasteiger partial charge in [0.1, 0.15) is 0 Å². The van der Waals surface area contributed by atoms with Gasteiger partial charge in [0.2, 0.25) is 5.91 Å². The van der Waals surface area contributed by atoms with E-state index >= 15 is 0 Å². The van der Waals surface area contributed by atoms with E-state index in [0.717, 1.165) is 11.1 Å². The fraction of sp³-hybridized carbons (Fsp3) is 0.182. The molecule has 0 unspecified atom stereocenters. The molecule has 0 bridgehead atoms. The maximum absolute atomic E-state index is 10.4. The lowest BCUT2D eigenvalue weighted by Crippen LogP contribution is -2.08. The zero-order valence-electron chi connectivity index (χ0n) is 7.50. The van der Waals surface area contributed by atoms with Crippen molar-refractivity contribution in [3.05, 3.63) is 35.4 Å². The number of amides is 1. The van der Waals surface area contributed by atoms with Gasteiger partial charge in [-0.1, -0.05) is 24.0 Å². The van der Waals surface area contributed by atoms with Crippen LogP contribution in [0.3, 0.4) is 0 Å². The molecule has 0 saturated carbocycles. The largest absolute Gasteiger partial charge is 0.369 e. The van der Waals surface area contributed by atoms with E-state index in [2.05, 4.69) is 11.8 Å². The standard InChI is InChI=1S/C11H11NO/c1-9-4-2-5-10(8-9)6-3-7-11(12)13/h2,4-5,8H,7H2,1H3,(H2,12,13). The van der Waals surface area contributed by atoms with Gasteiger partial charge in [0, 0.05) is 5.56 Å². The molecule has 1 rings (SSSR count). The van der Waals surface area contributed by atoms with Crippen LogP contribution >= 0.6 is 0 Å². The van der Waals surface area contributed by atoms with Crippen LogP contribution < -0.4 is 5.73 Å². The van der Waals surface area contributed by atoms with Gasteiger partial charge in [-0.05, 0) is 24.6 Å². The van der Waals surface area contributed by atoms with Crippen LogP contribution in [0.2, 0.25) is 0 Å². The molecule has 0 radical (unpaired) electrons. The summed E-state index contributed by atoms with van der Waals surface area (Å²) in [6.45, 7) is 2.00. The van der Waals surface area contributed by atoms with Crippen molar-refractivity contribution in [3.8, 4) is 11.8 Å². The van der Waals surface area contributed by atoms with Gasteiger partial charge in [0.25, 0.3) is 0 Å². The van der Waals surface area contributed by atoms with E-state index in [0.29, 0.717) is 0 Å². The SMILES string of the molecule is Cc1cccc(C#CCC(N)=O)c1. The number of hydrogen-bond acceptors (Lipinski definition) is 1. The maximum atomic E-state index is 10.4. The fourth-order valence-electron chi connectivity index (χ4n) is 0.956. The van der Waals surface area contributed by atoms with Gasteiger partial charge in [0.15, 0.2) is 0 Å². The molecule has 1 aromatic carbocycles. The smallest absolute Gasteiger partial charge is 0.229 e. The van der Waals surface area contributed by atoms with E-state index in [1.807, 2.05) is 31.2 Å². The first kappa shape index (κ1) is 9.34. The molecule has 13 heavy (non-hydrogen) atoms. The summed E-state index contributed by atoms with van der Waals surface area (Å²) < 4.78 is 0. The number of carbonyl (C=O) groups excluding carboxylic acids is 1. The van der Waals surface area contributed by atoms with E-state index in [9.17, 15) is 4.79 Å². The molecule has 0 aliphatic rings. The summed E-state index contributed by atoms with van der Waals surface area (Å²) in [4.78, 5) is 10.4. The molecule has 2 heteroatoms.